The number of hydrogen-bond donors (Lipinski definition) is 1. The van der Waals surface area contributed by atoms with Crippen molar-refractivity contribution in [1.82, 2.24) is 5.32 Å². The van der Waals surface area contributed by atoms with E-state index in [1.54, 1.807) is 7.11 Å². The number of amides is 1. The van der Waals surface area contributed by atoms with Crippen molar-refractivity contribution >= 4 is 44.8 Å². The fourth-order valence-electron chi connectivity index (χ4n) is 3.02. The lowest BCUT2D eigenvalue weighted by Gasteiger charge is -2.26. The predicted octanol–water partition coefficient (Wildman–Crippen LogP) is 4.67. The van der Waals surface area contributed by atoms with E-state index in [4.69, 9.17) is 27.9 Å². The quantitative estimate of drug-likeness (QED) is 0.574. The number of nitrogens with one attached hydrogen (secondary N) is 1. The van der Waals surface area contributed by atoms with Crippen molar-refractivity contribution in [3.8, 4) is 5.75 Å². The Morgan fingerprint density at radius 1 is 1.13 bits per heavy atom. The summed E-state index contributed by atoms with van der Waals surface area (Å²) in [6, 6.07) is 11.6. The third-order valence-corrected chi connectivity index (χ3v) is 6.09. The molecular weight excluding hydrogens is 447 g/mol. The fraction of sp³-hybridized carbons (Fsp3) is 0.381. The first-order chi connectivity index (χ1) is 14.0. The number of methoxy groups -OCH3 is 1. The third-order valence-electron chi connectivity index (χ3n) is 4.43. The van der Waals surface area contributed by atoms with Crippen LogP contribution in [0, 0.1) is 5.92 Å². The van der Waals surface area contributed by atoms with E-state index in [9.17, 15) is 13.2 Å². The SMILES string of the molecule is COc1ccc([C@@H](CC(C)C)NC(=O)CN(c2ccc(Cl)cc2Cl)S(C)(=O)=O)cc1. The number of carbonyl (C=O) groups is 1. The van der Waals surface area contributed by atoms with E-state index >= 15 is 0 Å². The first kappa shape index (κ1) is 24.3. The van der Waals surface area contributed by atoms with Gasteiger partial charge in [0.15, 0.2) is 0 Å². The molecule has 1 amide bonds. The number of ether oxygens (including phenoxy) is 1. The summed E-state index contributed by atoms with van der Waals surface area (Å²) in [4.78, 5) is 12.8. The van der Waals surface area contributed by atoms with Crippen LogP contribution in [0.3, 0.4) is 0 Å². The summed E-state index contributed by atoms with van der Waals surface area (Å²) in [5, 5.41) is 3.47. The molecule has 2 aromatic carbocycles. The van der Waals surface area contributed by atoms with E-state index in [1.807, 2.05) is 24.3 Å². The highest BCUT2D eigenvalue weighted by Crippen LogP contribution is 2.30. The highest BCUT2D eigenvalue weighted by molar-refractivity contribution is 7.92. The molecule has 0 aliphatic carbocycles. The molecule has 0 spiro atoms. The number of hydrogen-bond acceptors (Lipinski definition) is 4. The molecule has 164 valence electrons. The Bertz CT molecular complexity index is 979. The van der Waals surface area contributed by atoms with Gasteiger partial charge in [0.1, 0.15) is 12.3 Å². The maximum atomic E-state index is 12.8. The van der Waals surface area contributed by atoms with Gasteiger partial charge in [-0.25, -0.2) is 8.42 Å². The Morgan fingerprint density at radius 2 is 1.77 bits per heavy atom. The molecule has 1 N–H and O–H groups in total. The molecule has 0 saturated carbocycles. The number of halogens is 2. The maximum absolute atomic E-state index is 12.8. The van der Waals surface area contributed by atoms with Gasteiger partial charge in [-0.1, -0.05) is 49.2 Å². The van der Waals surface area contributed by atoms with Gasteiger partial charge in [0.25, 0.3) is 0 Å². The number of nitrogens with zero attached hydrogens (tertiary/aromatic N) is 1. The number of rotatable bonds is 9. The largest absolute Gasteiger partial charge is 0.497 e. The van der Waals surface area contributed by atoms with Gasteiger partial charge in [-0.05, 0) is 48.2 Å². The lowest BCUT2D eigenvalue weighted by atomic mass is 9.97. The van der Waals surface area contributed by atoms with Crippen LogP contribution in [0.25, 0.3) is 0 Å². The van der Waals surface area contributed by atoms with E-state index < -0.39 is 22.5 Å². The number of carbonyl (C=O) groups excluding carboxylic acids is 1. The molecular formula is C21H26Cl2N2O4S. The average Bonchev–Trinajstić information content (AvgIpc) is 2.65. The van der Waals surface area contributed by atoms with Gasteiger partial charge in [-0.3, -0.25) is 9.10 Å². The van der Waals surface area contributed by atoms with Gasteiger partial charge in [0, 0.05) is 5.02 Å². The second-order valence-electron chi connectivity index (χ2n) is 7.39. The molecule has 2 aromatic rings. The van der Waals surface area contributed by atoms with Crippen LogP contribution in [-0.2, 0) is 14.8 Å². The molecule has 2 rings (SSSR count). The van der Waals surface area contributed by atoms with Crippen LogP contribution in [0.4, 0.5) is 5.69 Å². The summed E-state index contributed by atoms with van der Waals surface area (Å²) in [5.74, 6) is 0.594. The van der Waals surface area contributed by atoms with Crippen molar-refractivity contribution in [2.75, 3.05) is 24.2 Å². The monoisotopic (exact) mass is 472 g/mol. The lowest BCUT2D eigenvalue weighted by molar-refractivity contribution is -0.120. The lowest BCUT2D eigenvalue weighted by Crippen LogP contribution is -2.42. The van der Waals surface area contributed by atoms with E-state index in [1.165, 1.54) is 18.2 Å². The topological polar surface area (TPSA) is 75.7 Å². The first-order valence-corrected chi connectivity index (χ1v) is 12.0. The Hall–Kier alpha value is -1.96. The minimum atomic E-state index is -3.75. The molecule has 0 aliphatic rings. The Kier molecular flexibility index (Phi) is 8.41. The smallest absolute Gasteiger partial charge is 0.241 e. The number of sulfonamides is 1. The number of anilines is 1. The van der Waals surface area contributed by atoms with Gasteiger partial charge in [-0.2, -0.15) is 0 Å². The second-order valence-corrected chi connectivity index (χ2v) is 10.1. The molecule has 0 heterocycles. The molecule has 0 unspecified atom stereocenters. The minimum Gasteiger partial charge on any atom is -0.497 e. The highest BCUT2D eigenvalue weighted by Gasteiger charge is 2.25. The van der Waals surface area contributed by atoms with Gasteiger partial charge in [0.05, 0.1) is 30.1 Å². The van der Waals surface area contributed by atoms with Crippen LogP contribution in [0.5, 0.6) is 5.75 Å². The summed E-state index contributed by atoms with van der Waals surface area (Å²) >= 11 is 12.1. The van der Waals surface area contributed by atoms with Crippen molar-refractivity contribution in [3.05, 3.63) is 58.1 Å². The summed E-state index contributed by atoms with van der Waals surface area (Å²) < 4.78 is 30.9. The van der Waals surface area contributed by atoms with E-state index in [-0.39, 0.29) is 16.8 Å². The highest BCUT2D eigenvalue weighted by atomic mass is 35.5. The van der Waals surface area contributed by atoms with Crippen molar-refractivity contribution in [3.63, 3.8) is 0 Å². The molecule has 0 aliphatic heterocycles. The van der Waals surface area contributed by atoms with Crippen LogP contribution in [-0.4, -0.2) is 34.2 Å². The molecule has 9 heteroatoms. The molecule has 0 saturated heterocycles. The summed E-state index contributed by atoms with van der Waals surface area (Å²) in [7, 11) is -2.17. The fourth-order valence-corrected chi connectivity index (χ4v) is 4.45. The zero-order valence-corrected chi connectivity index (χ0v) is 19.7. The first-order valence-electron chi connectivity index (χ1n) is 9.37. The van der Waals surface area contributed by atoms with Crippen LogP contribution >= 0.6 is 23.2 Å². The maximum Gasteiger partial charge on any atom is 0.241 e. The van der Waals surface area contributed by atoms with Gasteiger partial charge >= 0.3 is 0 Å². The molecule has 30 heavy (non-hydrogen) atoms. The Balaban J connectivity index is 2.25. The van der Waals surface area contributed by atoms with Gasteiger partial charge in [0.2, 0.25) is 15.9 Å². The molecule has 1 atom stereocenters. The Morgan fingerprint density at radius 3 is 2.27 bits per heavy atom. The summed E-state index contributed by atoms with van der Waals surface area (Å²) in [5.41, 5.74) is 1.11. The van der Waals surface area contributed by atoms with E-state index in [2.05, 4.69) is 19.2 Å². The molecule has 6 nitrogen and oxygen atoms in total. The van der Waals surface area contributed by atoms with Crippen molar-refractivity contribution in [2.24, 2.45) is 5.92 Å². The van der Waals surface area contributed by atoms with Gasteiger partial charge < -0.3 is 10.1 Å². The zero-order valence-electron chi connectivity index (χ0n) is 17.4. The van der Waals surface area contributed by atoms with Gasteiger partial charge in [-0.15, -0.1) is 0 Å². The molecule has 0 fully saturated rings. The minimum absolute atomic E-state index is 0.148. The standard InChI is InChI=1S/C21H26Cl2N2O4S/c1-14(2)11-19(15-5-8-17(29-3)9-6-15)24-21(26)13-25(30(4,27)28)20-10-7-16(22)12-18(20)23/h5-10,12,14,19H,11,13H2,1-4H3,(H,24,26)/t19-/m1/s1. The molecule has 0 bridgehead atoms. The normalized spacial score (nSPS) is 12.5. The number of benzene rings is 2. The van der Waals surface area contributed by atoms with Crippen LogP contribution < -0.4 is 14.4 Å². The molecule has 0 aromatic heterocycles. The predicted molar refractivity (Wildman–Crippen MR) is 122 cm³/mol. The zero-order chi connectivity index (χ0) is 22.5. The van der Waals surface area contributed by atoms with E-state index in [0.717, 1.165) is 16.1 Å². The molecule has 0 radical (unpaired) electrons. The van der Waals surface area contributed by atoms with E-state index in [0.29, 0.717) is 23.1 Å². The van der Waals surface area contributed by atoms with Crippen LogP contribution in [0.1, 0.15) is 31.9 Å². The Labute approximate surface area is 188 Å². The van der Waals surface area contributed by atoms with Crippen molar-refractivity contribution in [1.29, 1.82) is 0 Å². The van der Waals surface area contributed by atoms with Crippen LogP contribution in [0.15, 0.2) is 42.5 Å². The van der Waals surface area contributed by atoms with Crippen LogP contribution in [0.2, 0.25) is 10.0 Å². The summed E-state index contributed by atoms with van der Waals surface area (Å²) in [6.07, 6.45) is 1.72. The second kappa shape index (κ2) is 10.4. The third kappa shape index (κ3) is 6.79. The van der Waals surface area contributed by atoms with Crippen molar-refractivity contribution in [2.45, 2.75) is 26.3 Å². The summed E-state index contributed by atoms with van der Waals surface area (Å²) in [6.45, 7) is 3.71. The van der Waals surface area contributed by atoms with Crippen molar-refractivity contribution < 1.29 is 17.9 Å². The average molecular weight is 473 g/mol.